The van der Waals surface area contributed by atoms with Crippen molar-refractivity contribution < 1.29 is 19.0 Å². The van der Waals surface area contributed by atoms with Crippen molar-refractivity contribution in [1.29, 1.82) is 0 Å². The second-order valence-corrected chi connectivity index (χ2v) is 6.85. The average Bonchev–Trinajstić information content (AvgIpc) is 2.74. The maximum Gasteiger partial charge on any atom is 0.321 e. The summed E-state index contributed by atoms with van der Waals surface area (Å²) < 4.78 is 16.4. The van der Waals surface area contributed by atoms with E-state index in [1.54, 1.807) is 7.11 Å². The zero-order valence-corrected chi connectivity index (χ0v) is 16.3. The van der Waals surface area contributed by atoms with Gasteiger partial charge < -0.3 is 24.4 Å². The predicted molar refractivity (Wildman–Crippen MR) is 109 cm³/mol. The van der Waals surface area contributed by atoms with E-state index in [2.05, 4.69) is 5.32 Å². The van der Waals surface area contributed by atoms with Crippen LogP contribution in [0.25, 0.3) is 0 Å². The summed E-state index contributed by atoms with van der Waals surface area (Å²) in [6.45, 7) is 3.17. The Balaban J connectivity index is 1.42. The average molecular weight is 384 g/mol. The number of methoxy groups -OCH3 is 1. The molecule has 0 saturated carbocycles. The van der Waals surface area contributed by atoms with Crippen molar-refractivity contribution in [3.05, 3.63) is 54.6 Å². The van der Waals surface area contributed by atoms with Gasteiger partial charge in [0.1, 0.15) is 18.1 Å². The van der Waals surface area contributed by atoms with Gasteiger partial charge in [-0.25, -0.2) is 4.79 Å². The lowest BCUT2D eigenvalue weighted by Gasteiger charge is -2.32. The molecule has 1 N–H and O–H groups in total. The van der Waals surface area contributed by atoms with Gasteiger partial charge in [0.05, 0.1) is 13.2 Å². The van der Waals surface area contributed by atoms with Crippen molar-refractivity contribution >= 4 is 11.7 Å². The molecule has 2 aromatic rings. The van der Waals surface area contributed by atoms with Gasteiger partial charge in [0.15, 0.2) is 0 Å². The summed E-state index contributed by atoms with van der Waals surface area (Å²) in [5.74, 6) is 2.09. The molecular formula is C22H28N2O4. The number of rotatable bonds is 8. The zero-order valence-electron chi connectivity index (χ0n) is 16.3. The number of ether oxygens (including phenoxy) is 3. The quantitative estimate of drug-likeness (QED) is 0.698. The van der Waals surface area contributed by atoms with Crippen LogP contribution in [-0.4, -0.2) is 51.0 Å². The van der Waals surface area contributed by atoms with E-state index in [0.29, 0.717) is 31.5 Å². The first-order valence-corrected chi connectivity index (χ1v) is 9.70. The third-order valence-electron chi connectivity index (χ3n) is 4.77. The Morgan fingerprint density at radius 3 is 2.50 bits per heavy atom. The normalized spacial score (nSPS) is 14.5. The number of amides is 2. The van der Waals surface area contributed by atoms with Crippen LogP contribution in [-0.2, 0) is 4.74 Å². The van der Waals surface area contributed by atoms with Crippen LogP contribution in [0.2, 0.25) is 0 Å². The van der Waals surface area contributed by atoms with Crippen molar-refractivity contribution in [3.63, 3.8) is 0 Å². The topological polar surface area (TPSA) is 60.0 Å². The van der Waals surface area contributed by atoms with E-state index in [9.17, 15) is 4.79 Å². The van der Waals surface area contributed by atoms with E-state index >= 15 is 0 Å². The summed E-state index contributed by atoms with van der Waals surface area (Å²) in [6.07, 6.45) is 1.89. The first-order valence-electron chi connectivity index (χ1n) is 9.70. The summed E-state index contributed by atoms with van der Waals surface area (Å²) in [5.41, 5.74) is 0.731. The lowest BCUT2D eigenvalue weighted by molar-refractivity contribution is 0.146. The minimum atomic E-state index is -0.0727. The number of carbonyl (C=O) groups excluding carboxylic acids is 1. The van der Waals surface area contributed by atoms with Crippen LogP contribution < -0.4 is 14.8 Å². The lowest BCUT2D eigenvalue weighted by Crippen LogP contribution is -2.42. The fraction of sp³-hybridized carbons (Fsp3) is 0.409. The molecule has 1 saturated heterocycles. The highest BCUT2D eigenvalue weighted by atomic mass is 16.5. The van der Waals surface area contributed by atoms with Crippen molar-refractivity contribution in [1.82, 2.24) is 4.90 Å². The maximum absolute atomic E-state index is 12.5. The van der Waals surface area contributed by atoms with E-state index in [1.165, 1.54) is 0 Å². The number of nitrogens with zero attached hydrogens (tertiary/aromatic N) is 1. The van der Waals surface area contributed by atoms with Gasteiger partial charge in [-0.3, -0.25) is 0 Å². The second kappa shape index (κ2) is 10.6. The summed E-state index contributed by atoms with van der Waals surface area (Å²) in [6, 6.07) is 17.2. The molecule has 3 rings (SSSR count). The van der Waals surface area contributed by atoms with Crippen LogP contribution in [0.5, 0.6) is 11.5 Å². The van der Waals surface area contributed by atoms with Gasteiger partial charge in [-0.05, 0) is 43.0 Å². The zero-order chi connectivity index (χ0) is 19.6. The molecule has 1 aliphatic heterocycles. The van der Waals surface area contributed by atoms with Crippen molar-refractivity contribution in [3.8, 4) is 11.5 Å². The van der Waals surface area contributed by atoms with Crippen molar-refractivity contribution in [2.75, 3.05) is 45.3 Å². The van der Waals surface area contributed by atoms with Crippen LogP contribution in [0.4, 0.5) is 10.5 Å². The molecule has 1 fully saturated rings. The first-order chi connectivity index (χ1) is 13.7. The minimum absolute atomic E-state index is 0.0727. The standard InChI is InChI=1S/C22H28N2O4/c1-26-14-15-27-21-9-5-6-19(16-21)23-22(25)24-12-10-18(11-13-24)17-28-20-7-3-2-4-8-20/h2-9,16,18H,10-15,17H2,1H3,(H,23,25). The monoisotopic (exact) mass is 384 g/mol. The molecule has 150 valence electrons. The van der Waals surface area contributed by atoms with E-state index in [4.69, 9.17) is 14.2 Å². The molecule has 0 atom stereocenters. The number of anilines is 1. The van der Waals surface area contributed by atoms with Crippen LogP contribution in [0.3, 0.4) is 0 Å². The van der Waals surface area contributed by atoms with Crippen LogP contribution in [0.15, 0.2) is 54.6 Å². The summed E-state index contributed by atoms with van der Waals surface area (Å²) in [5, 5.41) is 2.96. The third kappa shape index (κ3) is 6.16. The molecule has 1 heterocycles. The fourth-order valence-corrected chi connectivity index (χ4v) is 3.14. The molecule has 2 amide bonds. The number of benzene rings is 2. The molecule has 0 radical (unpaired) electrons. The van der Waals surface area contributed by atoms with Crippen molar-refractivity contribution in [2.45, 2.75) is 12.8 Å². The molecule has 6 heteroatoms. The summed E-state index contributed by atoms with van der Waals surface area (Å²) in [7, 11) is 1.64. The number of hydrogen-bond acceptors (Lipinski definition) is 4. The Morgan fingerprint density at radius 2 is 1.75 bits per heavy atom. The molecule has 0 spiro atoms. The number of hydrogen-bond donors (Lipinski definition) is 1. The Morgan fingerprint density at radius 1 is 1.00 bits per heavy atom. The SMILES string of the molecule is COCCOc1cccc(NC(=O)N2CCC(COc3ccccc3)CC2)c1. The van der Waals surface area contributed by atoms with Crippen LogP contribution in [0, 0.1) is 5.92 Å². The Bertz CT molecular complexity index is 730. The first kappa shape index (κ1) is 20.0. The number of carbonyl (C=O) groups is 1. The fourth-order valence-electron chi connectivity index (χ4n) is 3.14. The molecule has 1 aliphatic rings. The van der Waals surface area contributed by atoms with Gasteiger partial charge in [0.2, 0.25) is 0 Å². The largest absolute Gasteiger partial charge is 0.493 e. The highest BCUT2D eigenvalue weighted by molar-refractivity contribution is 5.89. The maximum atomic E-state index is 12.5. The Kier molecular flexibility index (Phi) is 7.55. The van der Waals surface area contributed by atoms with E-state index in [-0.39, 0.29) is 6.03 Å². The number of para-hydroxylation sites is 1. The molecule has 2 aromatic carbocycles. The lowest BCUT2D eigenvalue weighted by atomic mass is 9.98. The van der Waals surface area contributed by atoms with E-state index in [0.717, 1.165) is 37.4 Å². The smallest absolute Gasteiger partial charge is 0.321 e. The summed E-state index contributed by atoms with van der Waals surface area (Å²) >= 11 is 0. The van der Waals surface area contributed by atoms with Crippen molar-refractivity contribution in [2.24, 2.45) is 5.92 Å². The summed E-state index contributed by atoms with van der Waals surface area (Å²) in [4.78, 5) is 14.4. The molecule has 0 bridgehead atoms. The molecule has 6 nitrogen and oxygen atoms in total. The minimum Gasteiger partial charge on any atom is -0.493 e. The molecule has 0 aliphatic carbocycles. The predicted octanol–water partition coefficient (Wildman–Crippen LogP) is 4.03. The number of nitrogens with one attached hydrogen (secondary N) is 1. The van der Waals surface area contributed by atoms with Gasteiger partial charge in [-0.1, -0.05) is 24.3 Å². The molecular weight excluding hydrogens is 356 g/mol. The third-order valence-corrected chi connectivity index (χ3v) is 4.77. The highest BCUT2D eigenvalue weighted by Crippen LogP contribution is 2.21. The van der Waals surface area contributed by atoms with Gasteiger partial charge in [0.25, 0.3) is 0 Å². The van der Waals surface area contributed by atoms with E-state index in [1.807, 2.05) is 59.5 Å². The van der Waals surface area contributed by atoms with Gasteiger partial charge in [0, 0.05) is 32.0 Å². The molecule has 0 unspecified atom stereocenters. The highest BCUT2D eigenvalue weighted by Gasteiger charge is 2.23. The van der Waals surface area contributed by atoms with E-state index < -0.39 is 0 Å². The number of likely N-dealkylation sites (tertiary alicyclic amines) is 1. The number of urea groups is 1. The van der Waals surface area contributed by atoms with Gasteiger partial charge >= 0.3 is 6.03 Å². The second-order valence-electron chi connectivity index (χ2n) is 6.85. The Labute approximate surface area is 166 Å². The molecule has 28 heavy (non-hydrogen) atoms. The number of piperidine rings is 1. The van der Waals surface area contributed by atoms with Gasteiger partial charge in [-0.15, -0.1) is 0 Å². The Hall–Kier alpha value is -2.73. The van der Waals surface area contributed by atoms with Gasteiger partial charge in [-0.2, -0.15) is 0 Å². The van der Waals surface area contributed by atoms with Crippen LogP contribution in [0.1, 0.15) is 12.8 Å². The molecule has 0 aromatic heterocycles. The van der Waals surface area contributed by atoms with Crippen LogP contribution >= 0.6 is 0 Å².